The summed E-state index contributed by atoms with van der Waals surface area (Å²) >= 11 is 0. The predicted octanol–water partition coefficient (Wildman–Crippen LogP) is 5.89. The molecule has 0 aliphatic carbocycles. The van der Waals surface area contributed by atoms with E-state index in [-0.39, 0.29) is 30.7 Å². The Hall–Kier alpha value is -4.06. The number of rotatable bonds is 5. The van der Waals surface area contributed by atoms with Crippen molar-refractivity contribution in [2.45, 2.75) is 32.0 Å². The maximum atomic E-state index is 13.0. The van der Waals surface area contributed by atoms with Crippen molar-refractivity contribution in [3.8, 4) is 11.3 Å². The summed E-state index contributed by atoms with van der Waals surface area (Å²) in [5.74, 6) is -0.524. The molecule has 0 bridgehead atoms. The minimum absolute atomic E-state index is 0.205. The predicted molar refractivity (Wildman–Crippen MR) is 135 cm³/mol. The standard InChI is InChI=1S/C29H28N2O4/c1-20(32)35-26-16-17-31(29(33)34-19-21-10-4-2-5-11-21)18-24(26)27-23-14-8-9-15-25(23)30-28(27)22-12-6-3-7-13-22/h2-15,24,26,30H,16-19H2,1H3/t24-,26-/m1/s1. The molecule has 1 aliphatic rings. The van der Waals surface area contributed by atoms with Crippen LogP contribution in [0.1, 0.15) is 30.4 Å². The van der Waals surface area contributed by atoms with E-state index in [1.807, 2.05) is 66.7 Å². The molecular formula is C29H28N2O4. The Morgan fingerprint density at radius 3 is 2.37 bits per heavy atom. The molecule has 1 saturated heterocycles. The molecule has 0 saturated carbocycles. The number of hydrogen-bond acceptors (Lipinski definition) is 4. The number of nitrogens with zero attached hydrogens (tertiary/aromatic N) is 1. The fourth-order valence-corrected chi connectivity index (χ4v) is 4.92. The van der Waals surface area contributed by atoms with Gasteiger partial charge >= 0.3 is 12.1 Å². The Morgan fingerprint density at radius 1 is 0.943 bits per heavy atom. The molecule has 5 rings (SSSR count). The van der Waals surface area contributed by atoms with Crippen LogP contribution < -0.4 is 0 Å². The first kappa shape index (κ1) is 22.7. The highest BCUT2D eigenvalue weighted by atomic mass is 16.6. The van der Waals surface area contributed by atoms with Crippen molar-refractivity contribution < 1.29 is 19.1 Å². The number of para-hydroxylation sites is 1. The second-order valence-electron chi connectivity index (χ2n) is 8.85. The highest BCUT2D eigenvalue weighted by Crippen LogP contribution is 2.40. The summed E-state index contributed by atoms with van der Waals surface area (Å²) in [4.78, 5) is 30.3. The van der Waals surface area contributed by atoms with Crippen molar-refractivity contribution in [1.82, 2.24) is 9.88 Å². The van der Waals surface area contributed by atoms with Crippen LogP contribution >= 0.6 is 0 Å². The fraction of sp³-hybridized carbons (Fsp3) is 0.241. The zero-order valence-corrected chi connectivity index (χ0v) is 19.6. The molecule has 1 fully saturated rings. The number of nitrogens with one attached hydrogen (secondary N) is 1. The maximum Gasteiger partial charge on any atom is 0.410 e. The molecule has 2 heterocycles. The summed E-state index contributed by atoms with van der Waals surface area (Å²) in [6.07, 6.45) is -0.160. The van der Waals surface area contributed by atoms with E-state index in [9.17, 15) is 9.59 Å². The number of aromatic nitrogens is 1. The average Bonchev–Trinajstić information content (AvgIpc) is 3.28. The molecule has 1 amide bonds. The molecule has 1 aliphatic heterocycles. The molecule has 1 aromatic heterocycles. The van der Waals surface area contributed by atoms with Gasteiger partial charge in [-0.15, -0.1) is 0 Å². The number of amides is 1. The molecule has 1 N–H and O–H groups in total. The number of carbonyl (C=O) groups is 2. The van der Waals surface area contributed by atoms with Crippen LogP contribution in [0.3, 0.4) is 0 Å². The Morgan fingerprint density at radius 2 is 1.63 bits per heavy atom. The van der Waals surface area contributed by atoms with E-state index in [4.69, 9.17) is 9.47 Å². The molecule has 35 heavy (non-hydrogen) atoms. The Balaban J connectivity index is 1.49. The minimum atomic E-state index is -0.360. The van der Waals surface area contributed by atoms with Gasteiger partial charge in [-0.2, -0.15) is 0 Å². The first-order valence-electron chi connectivity index (χ1n) is 11.9. The molecule has 3 aromatic carbocycles. The summed E-state index contributed by atoms with van der Waals surface area (Å²) < 4.78 is 11.4. The van der Waals surface area contributed by atoms with Gasteiger partial charge in [0.2, 0.25) is 0 Å². The molecule has 4 aromatic rings. The number of carbonyl (C=O) groups excluding carboxylic acids is 2. The number of H-pyrrole nitrogens is 1. The normalized spacial score (nSPS) is 17.8. The van der Waals surface area contributed by atoms with E-state index in [1.54, 1.807) is 4.90 Å². The average molecular weight is 469 g/mol. The number of piperidine rings is 1. The third-order valence-electron chi connectivity index (χ3n) is 6.51. The smallest absolute Gasteiger partial charge is 0.410 e. The van der Waals surface area contributed by atoms with E-state index in [2.05, 4.69) is 23.2 Å². The monoisotopic (exact) mass is 468 g/mol. The number of ether oxygens (including phenoxy) is 2. The number of fused-ring (bicyclic) bond motifs is 1. The van der Waals surface area contributed by atoms with E-state index >= 15 is 0 Å². The maximum absolute atomic E-state index is 13.0. The number of esters is 1. The Kier molecular flexibility index (Phi) is 6.53. The van der Waals surface area contributed by atoms with Gasteiger partial charge in [-0.1, -0.05) is 78.9 Å². The zero-order chi connectivity index (χ0) is 24.2. The lowest BCUT2D eigenvalue weighted by Crippen LogP contribution is -2.46. The third-order valence-corrected chi connectivity index (χ3v) is 6.51. The van der Waals surface area contributed by atoms with Gasteiger partial charge in [-0.25, -0.2) is 4.79 Å². The largest absolute Gasteiger partial charge is 0.462 e. The van der Waals surface area contributed by atoms with Gasteiger partial charge in [-0.3, -0.25) is 4.79 Å². The van der Waals surface area contributed by atoms with Gasteiger partial charge in [-0.05, 0) is 22.8 Å². The quantitative estimate of drug-likeness (QED) is 0.371. The zero-order valence-electron chi connectivity index (χ0n) is 19.6. The number of benzene rings is 3. The Labute approximate surface area is 204 Å². The second-order valence-corrected chi connectivity index (χ2v) is 8.85. The summed E-state index contributed by atoms with van der Waals surface area (Å²) in [6, 6.07) is 27.9. The van der Waals surface area contributed by atoms with Crippen LogP contribution in [0.4, 0.5) is 4.79 Å². The minimum Gasteiger partial charge on any atom is -0.462 e. The van der Waals surface area contributed by atoms with Gasteiger partial charge in [0.1, 0.15) is 12.7 Å². The van der Waals surface area contributed by atoms with Gasteiger partial charge < -0.3 is 19.4 Å². The third kappa shape index (κ3) is 4.92. The van der Waals surface area contributed by atoms with Crippen LogP contribution in [-0.2, 0) is 20.9 Å². The number of likely N-dealkylation sites (tertiary alicyclic amines) is 1. The molecule has 2 atom stereocenters. The first-order valence-corrected chi connectivity index (χ1v) is 11.9. The van der Waals surface area contributed by atoms with Crippen molar-refractivity contribution in [2.75, 3.05) is 13.1 Å². The molecule has 6 heteroatoms. The van der Waals surface area contributed by atoms with E-state index in [0.29, 0.717) is 19.5 Å². The number of aromatic amines is 1. The SMILES string of the molecule is CC(=O)O[C@@H]1CCN(C(=O)OCc2ccccc2)C[C@H]1c1c(-c2ccccc2)[nH]c2ccccc12. The van der Waals surface area contributed by atoms with Gasteiger partial charge in [0.25, 0.3) is 0 Å². The van der Waals surface area contributed by atoms with E-state index in [1.165, 1.54) is 6.92 Å². The van der Waals surface area contributed by atoms with Crippen LogP contribution in [0, 0.1) is 0 Å². The van der Waals surface area contributed by atoms with Gasteiger partial charge in [0, 0.05) is 43.3 Å². The molecular weight excluding hydrogens is 440 g/mol. The van der Waals surface area contributed by atoms with Crippen LogP contribution in [0.2, 0.25) is 0 Å². The van der Waals surface area contributed by atoms with Crippen molar-refractivity contribution in [3.63, 3.8) is 0 Å². The van der Waals surface area contributed by atoms with Crippen molar-refractivity contribution >= 4 is 23.0 Å². The lowest BCUT2D eigenvalue weighted by molar-refractivity contribution is -0.149. The highest BCUT2D eigenvalue weighted by Gasteiger charge is 2.38. The summed E-state index contributed by atoms with van der Waals surface area (Å²) in [5.41, 5.74) is 5.03. The molecule has 178 valence electrons. The lowest BCUT2D eigenvalue weighted by Gasteiger charge is -2.38. The number of hydrogen-bond donors (Lipinski definition) is 1. The van der Waals surface area contributed by atoms with Crippen LogP contribution in [0.15, 0.2) is 84.9 Å². The van der Waals surface area contributed by atoms with Crippen molar-refractivity contribution in [2.24, 2.45) is 0 Å². The van der Waals surface area contributed by atoms with Crippen LogP contribution in [0.25, 0.3) is 22.2 Å². The van der Waals surface area contributed by atoms with Crippen LogP contribution in [0.5, 0.6) is 0 Å². The lowest BCUT2D eigenvalue weighted by atomic mass is 9.85. The van der Waals surface area contributed by atoms with E-state index in [0.717, 1.165) is 33.3 Å². The second kappa shape index (κ2) is 10.1. The summed E-state index contributed by atoms with van der Waals surface area (Å²) in [7, 11) is 0. The molecule has 0 unspecified atom stereocenters. The van der Waals surface area contributed by atoms with Gasteiger partial charge in [0.15, 0.2) is 0 Å². The summed E-state index contributed by atoms with van der Waals surface area (Å²) in [6.45, 7) is 2.51. The highest BCUT2D eigenvalue weighted by molar-refractivity contribution is 5.91. The van der Waals surface area contributed by atoms with E-state index < -0.39 is 0 Å². The summed E-state index contributed by atoms with van der Waals surface area (Å²) in [5, 5.41) is 1.06. The first-order chi connectivity index (χ1) is 17.1. The molecule has 6 nitrogen and oxygen atoms in total. The topological polar surface area (TPSA) is 71.6 Å². The van der Waals surface area contributed by atoms with Crippen molar-refractivity contribution in [3.05, 3.63) is 96.1 Å². The Bertz CT molecular complexity index is 1320. The van der Waals surface area contributed by atoms with Crippen LogP contribution in [-0.4, -0.2) is 41.1 Å². The molecule has 0 radical (unpaired) electrons. The van der Waals surface area contributed by atoms with Crippen molar-refractivity contribution in [1.29, 1.82) is 0 Å². The van der Waals surface area contributed by atoms with Gasteiger partial charge in [0.05, 0.1) is 5.69 Å². The fourth-order valence-electron chi connectivity index (χ4n) is 4.92. The molecule has 0 spiro atoms.